The van der Waals surface area contributed by atoms with Gasteiger partial charge in [-0.05, 0) is 0 Å². The van der Waals surface area contributed by atoms with Crippen molar-refractivity contribution >= 4 is 23.0 Å². The lowest BCUT2D eigenvalue weighted by molar-refractivity contribution is -0.140. The summed E-state index contributed by atoms with van der Waals surface area (Å²) in [6.45, 7) is 1.11. The minimum Gasteiger partial charge on any atom is -0.772 e. The first-order valence-electron chi connectivity index (χ1n) is 2.99. The molecule has 7 heteroatoms. The number of aliphatic carboxylic acids is 1. The van der Waals surface area contributed by atoms with Gasteiger partial charge in [0.25, 0.3) is 0 Å². The monoisotopic (exact) mass is 194 g/mol. The van der Waals surface area contributed by atoms with E-state index in [9.17, 15) is 18.4 Å². The van der Waals surface area contributed by atoms with Crippen molar-refractivity contribution in [3.8, 4) is 0 Å². The van der Waals surface area contributed by atoms with E-state index in [0.29, 0.717) is 0 Å². The molecular weight excluding hydrogens is 186 g/mol. The van der Waals surface area contributed by atoms with Crippen LogP contribution in [-0.4, -0.2) is 37.5 Å². The second-order valence-electron chi connectivity index (χ2n) is 2.06. The van der Waals surface area contributed by atoms with Gasteiger partial charge < -0.3 is 15.0 Å². The molecule has 0 aromatic rings. The van der Waals surface area contributed by atoms with Crippen LogP contribution in [0.3, 0.4) is 0 Å². The van der Waals surface area contributed by atoms with E-state index in [0.717, 1.165) is 6.92 Å². The molecule has 0 fully saturated rings. The van der Waals surface area contributed by atoms with Crippen molar-refractivity contribution in [1.29, 1.82) is 0 Å². The van der Waals surface area contributed by atoms with Crippen LogP contribution in [0.4, 0.5) is 0 Å². The summed E-state index contributed by atoms with van der Waals surface area (Å²) in [5.74, 6) is -2.56. The van der Waals surface area contributed by atoms with E-state index in [4.69, 9.17) is 5.11 Å². The van der Waals surface area contributed by atoms with E-state index < -0.39 is 34.8 Å². The fourth-order valence-electron chi connectivity index (χ4n) is 0.556. The Kier molecular flexibility index (Phi) is 4.45. The Balaban J connectivity index is 4.14. The molecule has 2 N–H and O–H groups in total. The van der Waals surface area contributed by atoms with Gasteiger partial charge in [0.1, 0.15) is 6.04 Å². The van der Waals surface area contributed by atoms with Crippen LogP contribution in [0, 0.1) is 0 Å². The largest absolute Gasteiger partial charge is 0.772 e. The van der Waals surface area contributed by atoms with Crippen molar-refractivity contribution in [2.75, 3.05) is 5.75 Å². The van der Waals surface area contributed by atoms with Crippen molar-refractivity contribution in [1.82, 2.24) is 5.32 Å². The van der Waals surface area contributed by atoms with Gasteiger partial charge in [-0.25, -0.2) is 4.79 Å². The highest BCUT2D eigenvalue weighted by molar-refractivity contribution is 7.79. The number of amides is 1. The quantitative estimate of drug-likeness (QED) is 0.527. The molecule has 0 spiro atoms. The summed E-state index contributed by atoms with van der Waals surface area (Å²) in [6, 6.07) is -1.36. The summed E-state index contributed by atoms with van der Waals surface area (Å²) in [7, 11) is 0. The molecule has 1 amide bonds. The van der Waals surface area contributed by atoms with Crippen LogP contribution >= 0.6 is 0 Å². The molecule has 0 radical (unpaired) electrons. The van der Waals surface area contributed by atoms with Crippen molar-refractivity contribution in [3.05, 3.63) is 0 Å². The molecule has 0 saturated heterocycles. The minimum absolute atomic E-state index is 0.576. The number of carbonyl (C=O) groups is 2. The molecule has 0 aliphatic heterocycles. The third-order valence-electron chi connectivity index (χ3n) is 0.978. The Morgan fingerprint density at radius 2 is 2.17 bits per heavy atom. The SMILES string of the molecule is CC(=O)N[C@@H](CS(=O)[O-])C(=O)O. The molecule has 2 atom stereocenters. The summed E-state index contributed by atoms with van der Waals surface area (Å²) in [5.41, 5.74) is 0. The zero-order valence-corrected chi connectivity index (χ0v) is 7.09. The van der Waals surface area contributed by atoms with Crippen LogP contribution in [0.25, 0.3) is 0 Å². The zero-order chi connectivity index (χ0) is 9.72. The lowest BCUT2D eigenvalue weighted by atomic mass is 10.3. The molecule has 0 aromatic heterocycles. The molecule has 1 unspecified atom stereocenters. The fraction of sp³-hybridized carbons (Fsp3) is 0.600. The highest BCUT2D eigenvalue weighted by Crippen LogP contribution is 1.87. The van der Waals surface area contributed by atoms with Crippen molar-refractivity contribution in [2.24, 2.45) is 0 Å². The average Bonchev–Trinajstić information content (AvgIpc) is 1.83. The molecule has 6 nitrogen and oxygen atoms in total. The molecular formula is C5H8NO5S-. The van der Waals surface area contributed by atoms with Crippen LogP contribution in [0.5, 0.6) is 0 Å². The van der Waals surface area contributed by atoms with Crippen LogP contribution in [0.1, 0.15) is 6.92 Å². The first-order valence-corrected chi connectivity index (χ1v) is 4.23. The maximum Gasteiger partial charge on any atom is 0.327 e. The van der Waals surface area contributed by atoms with Crippen LogP contribution in [0.2, 0.25) is 0 Å². The smallest absolute Gasteiger partial charge is 0.327 e. The number of carboxylic acids is 1. The molecule has 12 heavy (non-hydrogen) atoms. The average molecular weight is 194 g/mol. The zero-order valence-electron chi connectivity index (χ0n) is 6.27. The normalized spacial score (nSPS) is 14.8. The van der Waals surface area contributed by atoms with Crippen LogP contribution in [0.15, 0.2) is 0 Å². The predicted octanol–water partition coefficient (Wildman–Crippen LogP) is -1.55. The van der Waals surface area contributed by atoms with Gasteiger partial charge >= 0.3 is 5.97 Å². The summed E-state index contributed by atoms with van der Waals surface area (Å²) in [6.07, 6.45) is 0. The summed E-state index contributed by atoms with van der Waals surface area (Å²) in [5, 5.41) is 10.4. The van der Waals surface area contributed by atoms with Gasteiger partial charge in [0.2, 0.25) is 5.91 Å². The lowest BCUT2D eigenvalue weighted by Crippen LogP contribution is -2.43. The molecule has 70 valence electrons. The Morgan fingerprint density at radius 1 is 1.67 bits per heavy atom. The van der Waals surface area contributed by atoms with Gasteiger partial charge in [0.15, 0.2) is 0 Å². The van der Waals surface area contributed by atoms with Crippen LogP contribution < -0.4 is 5.32 Å². The Hall–Kier alpha value is -0.950. The second-order valence-corrected chi connectivity index (χ2v) is 3.00. The van der Waals surface area contributed by atoms with Crippen molar-refractivity contribution in [2.45, 2.75) is 13.0 Å². The number of carbonyl (C=O) groups excluding carboxylic acids is 1. The number of nitrogens with one attached hydrogen (secondary N) is 1. The molecule has 0 bridgehead atoms. The van der Waals surface area contributed by atoms with Crippen LogP contribution in [-0.2, 0) is 20.7 Å². The van der Waals surface area contributed by atoms with Crippen molar-refractivity contribution < 1.29 is 23.5 Å². The third kappa shape index (κ3) is 4.80. The highest BCUT2D eigenvalue weighted by atomic mass is 32.2. The molecule has 0 aromatic carbocycles. The van der Waals surface area contributed by atoms with E-state index in [2.05, 4.69) is 0 Å². The number of hydrogen-bond donors (Lipinski definition) is 2. The standard InChI is InChI=1S/C5H9NO5S/c1-3(7)6-4(5(8)9)2-12(10)11/h4H,2H2,1H3,(H,6,7)(H,8,9)(H,10,11)/p-1/t4-/m0/s1. The van der Waals surface area contributed by atoms with Gasteiger partial charge in [-0.2, -0.15) is 0 Å². The Bertz CT molecular complexity index is 200. The molecule has 0 aliphatic rings. The Labute approximate surface area is 71.2 Å². The summed E-state index contributed by atoms with van der Waals surface area (Å²) in [4.78, 5) is 20.6. The Morgan fingerprint density at radius 3 is 2.42 bits per heavy atom. The molecule has 0 rings (SSSR count). The van der Waals surface area contributed by atoms with Gasteiger partial charge in [-0.3, -0.25) is 9.00 Å². The maximum absolute atomic E-state index is 10.4. The fourth-order valence-corrected chi connectivity index (χ4v) is 1.05. The topological polar surface area (TPSA) is 107 Å². The summed E-state index contributed by atoms with van der Waals surface area (Å²) >= 11 is -2.48. The van der Waals surface area contributed by atoms with Gasteiger partial charge in [0, 0.05) is 12.7 Å². The number of carboxylic acid groups (broad SMARTS) is 1. The maximum atomic E-state index is 10.4. The molecule has 0 heterocycles. The van der Waals surface area contributed by atoms with E-state index >= 15 is 0 Å². The van der Waals surface area contributed by atoms with E-state index in [1.807, 2.05) is 5.32 Å². The van der Waals surface area contributed by atoms with E-state index in [-0.39, 0.29) is 0 Å². The van der Waals surface area contributed by atoms with Gasteiger partial charge in [-0.15, -0.1) is 0 Å². The molecule has 0 saturated carbocycles. The van der Waals surface area contributed by atoms with Gasteiger partial charge in [0.05, 0.1) is 0 Å². The third-order valence-corrected chi connectivity index (χ3v) is 1.58. The van der Waals surface area contributed by atoms with Gasteiger partial charge in [-0.1, -0.05) is 11.1 Å². The lowest BCUT2D eigenvalue weighted by Gasteiger charge is -2.14. The highest BCUT2D eigenvalue weighted by Gasteiger charge is 2.17. The summed E-state index contributed by atoms with van der Waals surface area (Å²) < 4.78 is 20.2. The number of rotatable bonds is 4. The number of hydrogen-bond acceptors (Lipinski definition) is 4. The first-order chi connectivity index (χ1) is 5.43. The first kappa shape index (κ1) is 11.1. The minimum atomic E-state index is -2.48. The van der Waals surface area contributed by atoms with E-state index in [1.54, 1.807) is 0 Å². The van der Waals surface area contributed by atoms with Crippen molar-refractivity contribution in [3.63, 3.8) is 0 Å². The molecule has 0 aliphatic carbocycles. The second kappa shape index (κ2) is 4.83. The van der Waals surface area contributed by atoms with E-state index in [1.165, 1.54) is 0 Å². The predicted molar refractivity (Wildman–Crippen MR) is 39.0 cm³/mol.